The van der Waals surface area contributed by atoms with Crippen LogP contribution in [0.15, 0.2) is 99.0 Å². The van der Waals surface area contributed by atoms with Crippen molar-refractivity contribution in [3.63, 3.8) is 0 Å². The van der Waals surface area contributed by atoms with Crippen molar-refractivity contribution in [3.05, 3.63) is 121 Å². The van der Waals surface area contributed by atoms with Gasteiger partial charge >= 0.3 is 5.97 Å². The Labute approximate surface area is 246 Å². The van der Waals surface area contributed by atoms with E-state index in [4.69, 9.17) is 16.3 Å². The first kappa shape index (κ1) is 26.9. The van der Waals surface area contributed by atoms with E-state index in [0.29, 0.717) is 15.7 Å². The van der Waals surface area contributed by atoms with Crippen LogP contribution in [0, 0.1) is 6.92 Å². The number of esters is 1. The van der Waals surface area contributed by atoms with Crippen LogP contribution in [-0.4, -0.2) is 23.1 Å². The number of aromatic amines is 1. The number of ether oxygens (including phenoxy) is 1. The largest absolute Gasteiger partial charge is 0.421 e. The van der Waals surface area contributed by atoms with Crippen LogP contribution in [-0.2, 0) is 0 Å². The SMILES string of the molecule is Cc1ccc2[nH]c(C(=O)NN=Cc3cc(Br)cc(Br)c3OC(=O)c3ccccc3Cl)c(-c3ccccc3)c2c1. The average molecular weight is 666 g/mol. The summed E-state index contributed by atoms with van der Waals surface area (Å²) >= 11 is 13.0. The van der Waals surface area contributed by atoms with Gasteiger partial charge in [-0.2, -0.15) is 5.10 Å². The molecule has 0 aliphatic heterocycles. The second-order valence-corrected chi connectivity index (χ2v) is 10.8. The van der Waals surface area contributed by atoms with Gasteiger partial charge in [-0.15, -0.1) is 0 Å². The molecule has 0 unspecified atom stereocenters. The molecule has 0 bridgehead atoms. The Balaban J connectivity index is 1.45. The van der Waals surface area contributed by atoms with E-state index >= 15 is 0 Å². The number of nitrogens with one attached hydrogen (secondary N) is 2. The summed E-state index contributed by atoms with van der Waals surface area (Å²) in [7, 11) is 0. The van der Waals surface area contributed by atoms with Crippen molar-refractivity contribution in [1.82, 2.24) is 10.4 Å². The van der Waals surface area contributed by atoms with Crippen LogP contribution in [0.2, 0.25) is 5.02 Å². The molecule has 6 nitrogen and oxygen atoms in total. The predicted molar refractivity (Wildman–Crippen MR) is 162 cm³/mol. The molecule has 0 fully saturated rings. The van der Waals surface area contributed by atoms with Crippen molar-refractivity contribution < 1.29 is 14.3 Å². The molecule has 5 rings (SSSR count). The summed E-state index contributed by atoms with van der Waals surface area (Å²) in [6.07, 6.45) is 1.41. The van der Waals surface area contributed by atoms with Gasteiger partial charge in [0, 0.05) is 26.5 Å². The van der Waals surface area contributed by atoms with Crippen LogP contribution in [0.25, 0.3) is 22.0 Å². The average Bonchev–Trinajstić information content (AvgIpc) is 3.30. The summed E-state index contributed by atoms with van der Waals surface area (Å²) in [5, 5.41) is 5.40. The molecule has 0 atom stereocenters. The number of fused-ring (bicyclic) bond motifs is 1. The van der Waals surface area contributed by atoms with Crippen LogP contribution in [0.4, 0.5) is 0 Å². The van der Waals surface area contributed by atoms with E-state index in [1.54, 1.807) is 36.4 Å². The molecule has 1 aromatic heterocycles. The maximum absolute atomic E-state index is 13.3. The Kier molecular flexibility index (Phi) is 7.97. The Morgan fingerprint density at radius 3 is 2.49 bits per heavy atom. The molecule has 0 saturated carbocycles. The summed E-state index contributed by atoms with van der Waals surface area (Å²) in [6, 6.07) is 25.8. The zero-order chi connectivity index (χ0) is 27.5. The third-order valence-corrected chi connectivity index (χ3v) is 7.32. The van der Waals surface area contributed by atoms with E-state index in [0.717, 1.165) is 32.1 Å². The minimum Gasteiger partial charge on any atom is -0.421 e. The highest BCUT2D eigenvalue weighted by Crippen LogP contribution is 2.34. The van der Waals surface area contributed by atoms with E-state index in [9.17, 15) is 9.59 Å². The van der Waals surface area contributed by atoms with Gasteiger partial charge in [-0.3, -0.25) is 4.79 Å². The lowest BCUT2D eigenvalue weighted by Crippen LogP contribution is -2.19. The van der Waals surface area contributed by atoms with Gasteiger partial charge in [0.25, 0.3) is 5.91 Å². The fourth-order valence-corrected chi connectivity index (χ4v) is 5.71. The molecular weight excluding hydrogens is 646 g/mol. The summed E-state index contributed by atoms with van der Waals surface area (Å²) in [4.78, 5) is 29.4. The monoisotopic (exact) mass is 663 g/mol. The van der Waals surface area contributed by atoms with Gasteiger partial charge in [-0.1, -0.05) is 81.6 Å². The van der Waals surface area contributed by atoms with Gasteiger partial charge in [0.1, 0.15) is 5.69 Å². The Hall–Kier alpha value is -3.72. The van der Waals surface area contributed by atoms with Crippen molar-refractivity contribution in [2.75, 3.05) is 0 Å². The maximum atomic E-state index is 13.3. The number of aryl methyl sites for hydroxylation is 1. The van der Waals surface area contributed by atoms with E-state index in [2.05, 4.69) is 47.4 Å². The number of rotatable bonds is 6. The number of hydrogen-bond acceptors (Lipinski definition) is 4. The van der Waals surface area contributed by atoms with Crippen molar-refractivity contribution in [1.29, 1.82) is 0 Å². The molecule has 0 aliphatic carbocycles. The number of hydrazone groups is 1. The third-order valence-electron chi connectivity index (χ3n) is 5.94. The molecule has 0 spiro atoms. The number of H-pyrrole nitrogens is 1. The van der Waals surface area contributed by atoms with Crippen LogP contribution in [0.3, 0.4) is 0 Å². The van der Waals surface area contributed by atoms with Gasteiger partial charge < -0.3 is 9.72 Å². The highest BCUT2D eigenvalue weighted by atomic mass is 79.9. The zero-order valence-electron chi connectivity index (χ0n) is 20.5. The Morgan fingerprint density at radius 1 is 0.974 bits per heavy atom. The molecular formula is C30H20Br2ClN3O3. The number of aromatic nitrogens is 1. The molecule has 194 valence electrons. The first-order chi connectivity index (χ1) is 18.8. The molecule has 9 heteroatoms. The zero-order valence-corrected chi connectivity index (χ0v) is 24.4. The molecule has 5 aromatic rings. The molecule has 1 amide bonds. The van der Waals surface area contributed by atoms with Gasteiger partial charge in [0.2, 0.25) is 0 Å². The Bertz CT molecular complexity index is 1750. The van der Waals surface area contributed by atoms with Crippen molar-refractivity contribution in [3.8, 4) is 16.9 Å². The molecule has 0 radical (unpaired) electrons. The van der Waals surface area contributed by atoms with E-state index < -0.39 is 11.9 Å². The number of benzene rings is 4. The fraction of sp³-hybridized carbons (Fsp3) is 0.0333. The number of amides is 1. The molecule has 0 aliphatic rings. The summed E-state index contributed by atoms with van der Waals surface area (Å²) < 4.78 is 6.90. The Morgan fingerprint density at radius 2 is 1.72 bits per heavy atom. The maximum Gasteiger partial charge on any atom is 0.345 e. The van der Waals surface area contributed by atoms with Gasteiger partial charge in [-0.25, -0.2) is 10.2 Å². The van der Waals surface area contributed by atoms with Crippen LogP contribution in [0.1, 0.15) is 32.0 Å². The lowest BCUT2D eigenvalue weighted by Gasteiger charge is -2.11. The fourth-order valence-electron chi connectivity index (χ4n) is 4.16. The second-order valence-electron chi connectivity index (χ2n) is 8.66. The van der Waals surface area contributed by atoms with Crippen LogP contribution in [0.5, 0.6) is 5.75 Å². The van der Waals surface area contributed by atoms with Crippen LogP contribution >= 0.6 is 43.5 Å². The number of carbonyl (C=O) groups is 2. The molecule has 1 heterocycles. The minimum atomic E-state index is -0.622. The quantitative estimate of drug-likeness (QED) is 0.0829. The number of carbonyl (C=O) groups excluding carboxylic acids is 2. The predicted octanol–water partition coefficient (Wildman–Crippen LogP) is 8.30. The van der Waals surface area contributed by atoms with Gasteiger partial charge in [0.15, 0.2) is 5.75 Å². The number of nitrogens with zero attached hydrogens (tertiary/aromatic N) is 1. The standard InChI is InChI=1S/C30H20Br2ClN3O3/c1-17-11-12-25-22(13-17)26(18-7-3-2-4-8-18)27(35-25)29(37)36-34-16-19-14-20(31)15-23(32)28(19)39-30(38)21-9-5-6-10-24(21)33/h2-16,35H,1H3,(H,36,37). The van der Waals surface area contributed by atoms with Crippen molar-refractivity contribution >= 4 is 72.5 Å². The van der Waals surface area contributed by atoms with E-state index in [1.807, 2.05) is 55.5 Å². The van der Waals surface area contributed by atoms with E-state index in [-0.39, 0.29) is 16.3 Å². The summed E-state index contributed by atoms with van der Waals surface area (Å²) in [5.74, 6) is -0.807. The smallest absolute Gasteiger partial charge is 0.345 e. The molecule has 0 saturated heterocycles. The van der Waals surface area contributed by atoms with Gasteiger partial charge in [-0.05, 0) is 64.8 Å². The van der Waals surface area contributed by atoms with Crippen molar-refractivity contribution in [2.24, 2.45) is 5.10 Å². The van der Waals surface area contributed by atoms with Crippen LogP contribution < -0.4 is 10.2 Å². The topological polar surface area (TPSA) is 83.6 Å². The number of halogens is 3. The normalized spacial score (nSPS) is 11.2. The summed E-state index contributed by atoms with van der Waals surface area (Å²) in [5.41, 5.74) is 7.30. The molecule has 39 heavy (non-hydrogen) atoms. The number of hydrogen-bond donors (Lipinski definition) is 2. The highest BCUT2D eigenvalue weighted by molar-refractivity contribution is 9.11. The lowest BCUT2D eigenvalue weighted by atomic mass is 10.0. The summed E-state index contributed by atoms with van der Waals surface area (Å²) in [6.45, 7) is 2.01. The van der Waals surface area contributed by atoms with E-state index in [1.165, 1.54) is 6.21 Å². The first-order valence-electron chi connectivity index (χ1n) is 11.8. The minimum absolute atomic E-state index is 0.229. The highest BCUT2D eigenvalue weighted by Gasteiger charge is 2.20. The third kappa shape index (κ3) is 5.83. The second kappa shape index (κ2) is 11.6. The van der Waals surface area contributed by atoms with Gasteiger partial charge in [0.05, 0.1) is 21.3 Å². The molecule has 4 aromatic carbocycles. The van der Waals surface area contributed by atoms with Crippen molar-refractivity contribution in [2.45, 2.75) is 6.92 Å². The lowest BCUT2D eigenvalue weighted by molar-refractivity contribution is 0.0733. The first-order valence-corrected chi connectivity index (χ1v) is 13.7. The molecule has 2 N–H and O–H groups in total.